The van der Waals surface area contributed by atoms with Gasteiger partial charge in [-0.05, 0) is 26.7 Å². The Kier molecular flexibility index (Phi) is 5.58. The molecule has 0 heterocycles. The van der Waals surface area contributed by atoms with Gasteiger partial charge in [0.2, 0.25) is 0 Å². The molecule has 0 saturated heterocycles. The summed E-state index contributed by atoms with van der Waals surface area (Å²) in [7, 11) is 0. The van der Waals surface area contributed by atoms with Crippen LogP contribution in [0.2, 0.25) is 0 Å². The SMILES string of the molecule is CCC(CC)CNC(=O)OC(C)(C)C. The van der Waals surface area contributed by atoms with Gasteiger partial charge in [0, 0.05) is 6.54 Å². The van der Waals surface area contributed by atoms with Crippen molar-refractivity contribution in [2.45, 2.75) is 53.1 Å². The smallest absolute Gasteiger partial charge is 0.407 e. The third-order valence-electron chi connectivity index (χ3n) is 2.09. The summed E-state index contributed by atoms with van der Waals surface area (Å²) < 4.78 is 5.13. The first-order valence-electron chi connectivity index (χ1n) is 5.35. The second-order valence-electron chi connectivity index (χ2n) is 4.57. The van der Waals surface area contributed by atoms with E-state index in [1.807, 2.05) is 20.8 Å². The average Bonchev–Trinajstić information content (AvgIpc) is 2.03. The minimum atomic E-state index is -0.405. The molecule has 0 atom stereocenters. The molecule has 0 radical (unpaired) electrons. The summed E-state index contributed by atoms with van der Waals surface area (Å²) in [6.45, 7) is 10.6. The molecule has 0 aromatic carbocycles. The van der Waals surface area contributed by atoms with Gasteiger partial charge in [-0.25, -0.2) is 4.79 Å². The van der Waals surface area contributed by atoms with Gasteiger partial charge in [0.25, 0.3) is 0 Å². The van der Waals surface area contributed by atoms with Gasteiger partial charge in [0.05, 0.1) is 0 Å². The fourth-order valence-electron chi connectivity index (χ4n) is 1.12. The Morgan fingerprint density at radius 3 is 2.14 bits per heavy atom. The quantitative estimate of drug-likeness (QED) is 0.759. The molecule has 0 saturated carbocycles. The summed E-state index contributed by atoms with van der Waals surface area (Å²) in [6, 6.07) is 0. The van der Waals surface area contributed by atoms with Gasteiger partial charge in [-0.1, -0.05) is 26.7 Å². The predicted molar refractivity (Wildman–Crippen MR) is 58.3 cm³/mol. The van der Waals surface area contributed by atoms with Crippen molar-refractivity contribution in [3.8, 4) is 0 Å². The van der Waals surface area contributed by atoms with Gasteiger partial charge in [-0.15, -0.1) is 0 Å². The van der Waals surface area contributed by atoms with E-state index < -0.39 is 5.60 Å². The zero-order valence-electron chi connectivity index (χ0n) is 10.0. The number of carbonyl (C=O) groups is 1. The number of hydrogen-bond acceptors (Lipinski definition) is 2. The molecule has 0 spiro atoms. The van der Waals surface area contributed by atoms with Crippen LogP contribution in [0.4, 0.5) is 4.79 Å². The lowest BCUT2D eigenvalue weighted by molar-refractivity contribution is 0.0518. The Hall–Kier alpha value is -0.730. The van der Waals surface area contributed by atoms with Crippen molar-refractivity contribution in [3.05, 3.63) is 0 Å². The van der Waals surface area contributed by atoms with E-state index in [-0.39, 0.29) is 6.09 Å². The van der Waals surface area contributed by atoms with Crippen LogP contribution in [0.15, 0.2) is 0 Å². The summed E-state index contributed by atoms with van der Waals surface area (Å²) >= 11 is 0. The molecule has 3 nitrogen and oxygen atoms in total. The Bertz CT molecular complexity index is 169. The number of carbonyl (C=O) groups excluding carboxylic acids is 1. The van der Waals surface area contributed by atoms with E-state index in [1.54, 1.807) is 0 Å². The topological polar surface area (TPSA) is 38.3 Å². The lowest BCUT2D eigenvalue weighted by Crippen LogP contribution is -2.35. The number of rotatable bonds is 4. The van der Waals surface area contributed by atoms with Crippen LogP contribution in [0.3, 0.4) is 0 Å². The maximum Gasteiger partial charge on any atom is 0.407 e. The maximum atomic E-state index is 11.3. The molecule has 0 aromatic heterocycles. The van der Waals surface area contributed by atoms with Gasteiger partial charge in [0.1, 0.15) is 5.60 Å². The van der Waals surface area contributed by atoms with E-state index in [2.05, 4.69) is 19.2 Å². The zero-order valence-corrected chi connectivity index (χ0v) is 10.0. The third kappa shape index (κ3) is 6.75. The molecule has 0 fully saturated rings. The molecule has 0 aliphatic heterocycles. The largest absolute Gasteiger partial charge is 0.444 e. The molecule has 3 heteroatoms. The molecule has 14 heavy (non-hydrogen) atoms. The van der Waals surface area contributed by atoms with E-state index in [0.717, 1.165) is 12.8 Å². The minimum Gasteiger partial charge on any atom is -0.444 e. The summed E-state index contributed by atoms with van der Waals surface area (Å²) in [5.74, 6) is 0.558. The van der Waals surface area contributed by atoms with Gasteiger partial charge >= 0.3 is 6.09 Å². The van der Waals surface area contributed by atoms with Crippen molar-refractivity contribution >= 4 is 6.09 Å². The number of amides is 1. The zero-order chi connectivity index (χ0) is 11.2. The molecule has 1 N–H and O–H groups in total. The second kappa shape index (κ2) is 5.89. The van der Waals surface area contributed by atoms with E-state index in [1.165, 1.54) is 0 Å². The average molecular weight is 201 g/mol. The highest BCUT2D eigenvalue weighted by atomic mass is 16.6. The van der Waals surface area contributed by atoms with Crippen LogP contribution < -0.4 is 5.32 Å². The number of hydrogen-bond donors (Lipinski definition) is 1. The van der Waals surface area contributed by atoms with Gasteiger partial charge in [-0.2, -0.15) is 0 Å². The van der Waals surface area contributed by atoms with Crippen LogP contribution in [0.1, 0.15) is 47.5 Å². The molecular weight excluding hydrogens is 178 g/mol. The molecule has 0 aliphatic rings. The molecular formula is C11H23NO2. The van der Waals surface area contributed by atoms with Crippen LogP contribution in [-0.4, -0.2) is 18.2 Å². The highest BCUT2D eigenvalue weighted by molar-refractivity contribution is 5.67. The molecule has 0 rings (SSSR count). The third-order valence-corrected chi connectivity index (χ3v) is 2.09. The van der Waals surface area contributed by atoms with Crippen molar-refractivity contribution in [2.24, 2.45) is 5.92 Å². The highest BCUT2D eigenvalue weighted by Gasteiger charge is 2.16. The lowest BCUT2D eigenvalue weighted by atomic mass is 10.0. The Labute approximate surface area is 87.2 Å². The summed E-state index contributed by atoms with van der Waals surface area (Å²) in [5, 5.41) is 2.78. The van der Waals surface area contributed by atoms with Crippen molar-refractivity contribution < 1.29 is 9.53 Å². The van der Waals surface area contributed by atoms with Gasteiger partial charge in [-0.3, -0.25) is 0 Å². The van der Waals surface area contributed by atoms with Crippen LogP contribution in [0.5, 0.6) is 0 Å². The summed E-state index contributed by atoms with van der Waals surface area (Å²) in [5.41, 5.74) is -0.405. The molecule has 84 valence electrons. The molecule has 0 aromatic rings. The van der Waals surface area contributed by atoms with Crippen LogP contribution in [-0.2, 0) is 4.74 Å². The van der Waals surface area contributed by atoms with E-state index in [9.17, 15) is 4.79 Å². The van der Waals surface area contributed by atoms with Crippen molar-refractivity contribution in [3.63, 3.8) is 0 Å². The first-order valence-corrected chi connectivity index (χ1v) is 5.35. The maximum absolute atomic E-state index is 11.3. The van der Waals surface area contributed by atoms with Gasteiger partial charge in [0.15, 0.2) is 0 Å². The highest BCUT2D eigenvalue weighted by Crippen LogP contribution is 2.08. The molecule has 1 amide bonds. The van der Waals surface area contributed by atoms with Crippen LogP contribution in [0, 0.1) is 5.92 Å². The summed E-state index contributed by atoms with van der Waals surface area (Å²) in [4.78, 5) is 11.3. The normalized spacial score (nSPS) is 11.6. The Balaban J connectivity index is 3.74. The van der Waals surface area contributed by atoms with Crippen molar-refractivity contribution in [1.82, 2.24) is 5.32 Å². The van der Waals surface area contributed by atoms with Crippen molar-refractivity contribution in [2.75, 3.05) is 6.54 Å². The van der Waals surface area contributed by atoms with Crippen molar-refractivity contribution in [1.29, 1.82) is 0 Å². The van der Waals surface area contributed by atoms with Gasteiger partial charge < -0.3 is 10.1 Å². The molecule has 0 aliphatic carbocycles. The molecule has 0 unspecified atom stereocenters. The molecule has 0 bridgehead atoms. The minimum absolute atomic E-state index is 0.315. The second-order valence-corrected chi connectivity index (χ2v) is 4.57. The summed E-state index contributed by atoms with van der Waals surface area (Å²) in [6.07, 6.45) is 1.86. The number of ether oxygens (including phenoxy) is 1. The predicted octanol–water partition coefficient (Wildman–Crippen LogP) is 2.95. The number of alkyl carbamates (subject to hydrolysis) is 1. The van der Waals surface area contributed by atoms with Crippen LogP contribution >= 0.6 is 0 Å². The van der Waals surface area contributed by atoms with E-state index >= 15 is 0 Å². The number of nitrogens with one attached hydrogen (secondary N) is 1. The van der Waals surface area contributed by atoms with E-state index in [4.69, 9.17) is 4.74 Å². The van der Waals surface area contributed by atoms with E-state index in [0.29, 0.717) is 12.5 Å². The standard InChI is InChI=1S/C11H23NO2/c1-6-9(7-2)8-12-10(13)14-11(3,4)5/h9H,6-8H2,1-5H3,(H,12,13). The first-order chi connectivity index (χ1) is 6.39. The first kappa shape index (κ1) is 13.3. The van der Waals surface area contributed by atoms with Crippen LogP contribution in [0.25, 0.3) is 0 Å². The fourth-order valence-corrected chi connectivity index (χ4v) is 1.12. The Morgan fingerprint density at radius 2 is 1.79 bits per heavy atom. The lowest BCUT2D eigenvalue weighted by Gasteiger charge is -2.21. The monoisotopic (exact) mass is 201 g/mol. The fraction of sp³-hybridized carbons (Fsp3) is 0.909. The Morgan fingerprint density at radius 1 is 1.29 bits per heavy atom.